The van der Waals surface area contributed by atoms with Crippen molar-refractivity contribution in [3.8, 4) is 6.07 Å². The molecule has 0 amide bonds. The van der Waals surface area contributed by atoms with E-state index >= 15 is 0 Å². The van der Waals surface area contributed by atoms with Crippen molar-refractivity contribution in [1.82, 2.24) is 4.72 Å². The fourth-order valence-corrected chi connectivity index (χ4v) is 3.54. The zero-order valence-electron chi connectivity index (χ0n) is 11.4. The van der Waals surface area contributed by atoms with E-state index < -0.39 is 15.6 Å². The van der Waals surface area contributed by atoms with Gasteiger partial charge in [0.05, 0.1) is 11.0 Å². The van der Waals surface area contributed by atoms with Gasteiger partial charge in [-0.3, -0.25) is 0 Å². The Kier molecular flexibility index (Phi) is 3.41. The fraction of sp³-hybridized carbons (Fsp3) is 0.500. The van der Waals surface area contributed by atoms with Gasteiger partial charge in [-0.05, 0) is 62.8 Å². The topological polar surface area (TPSA) is 70.0 Å². The molecular formula is C14H18N2O2S. The number of rotatable bonds is 4. The molecule has 1 saturated carbocycles. The van der Waals surface area contributed by atoms with Crippen LogP contribution in [0.4, 0.5) is 0 Å². The molecule has 1 aromatic carbocycles. The first-order valence-electron chi connectivity index (χ1n) is 6.31. The third-order valence-corrected chi connectivity index (χ3v) is 5.33. The number of sulfonamides is 1. The van der Waals surface area contributed by atoms with Crippen LogP contribution in [0.25, 0.3) is 0 Å². The maximum atomic E-state index is 12.3. The molecule has 19 heavy (non-hydrogen) atoms. The van der Waals surface area contributed by atoms with E-state index in [2.05, 4.69) is 10.8 Å². The van der Waals surface area contributed by atoms with Gasteiger partial charge in [-0.1, -0.05) is 6.07 Å². The number of nitrogens with zero attached hydrogens (tertiary/aromatic N) is 1. The first kappa shape index (κ1) is 14.0. The minimum Gasteiger partial charge on any atom is -0.207 e. The van der Waals surface area contributed by atoms with Gasteiger partial charge in [0.2, 0.25) is 10.0 Å². The Morgan fingerprint density at radius 2 is 1.95 bits per heavy atom. The number of nitrogens with one attached hydrogen (secondary N) is 1. The van der Waals surface area contributed by atoms with Crippen molar-refractivity contribution in [3.63, 3.8) is 0 Å². The number of nitriles is 1. The van der Waals surface area contributed by atoms with Gasteiger partial charge in [-0.15, -0.1) is 0 Å². The van der Waals surface area contributed by atoms with E-state index in [1.54, 1.807) is 25.1 Å². The fourth-order valence-electron chi connectivity index (χ4n) is 2.08. The molecule has 0 unspecified atom stereocenters. The average Bonchev–Trinajstić information content (AvgIpc) is 3.16. The maximum absolute atomic E-state index is 12.3. The van der Waals surface area contributed by atoms with Crippen molar-refractivity contribution in [2.45, 2.75) is 44.0 Å². The molecule has 1 aliphatic rings. The summed E-state index contributed by atoms with van der Waals surface area (Å²) in [6.45, 7) is 5.46. The van der Waals surface area contributed by atoms with Gasteiger partial charge in [0, 0.05) is 0 Å². The van der Waals surface area contributed by atoms with E-state index in [4.69, 9.17) is 0 Å². The highest BCUT2D eigenvalue weighted by atomic mass is 32.2. The molecule has 1 fully saturated rings. The summed E-state index contributed by atoms with van der Waals surface area (Å²) in [6, 6.07) is 7.10. The van der Waals surface area contributed by atoms with Crippen LogP contribution in [0.5, 0.6) is 0 Å². The Hall–Kier alpha value is -1.38. The predicted molar refractivity (Wildman–Crippen MR) is 73.0 cm³/mol. The zero-order valence-corrected chi connectivity index (χ0v) is 12.2. The summed E-state index contributed by atoms with van der Waals surface area (Å²) in [4.78, 5) is 0.220. The SMILES string of the molecule is Cc1ccc(S(=O)(=O)N[C@](C)(C#N)C2CC2)cc1C. The molecule has 1 N–H and O–H groups in total. The third-order valence-electron chi connectivity index (χ3n) is 3.76. The molecule has 1 aliphatic carbocycles. The van der Waals surface area contributed by atoms with Gasteiger partial charge in [0.1, 0.15) is 5.54 Å². The lowest BCUT2D eigenvalue weighted by Gasteiger charge is -2.22. The predicted octanol–water partition coefficient (Wildman–Crippen LogP) is 2.27. The zero-order chi connectivity index (χ0) is 14.3. The van der Waals surface area contributed by atoms with Crippen LogP contribution >= 0.6 is 0 Å². The average molecular weight is 278 g/mol. The molecule has 0 aromatic heterocycles. The first-order valence-corrected chi connectivity index (χ1v) is 7.79. The van der Waals surface area contributed by atoms with Crippen molar-refractivity contribution < 1.29 is 8.42 Å². The van der Waals surface area contributed by atoms with E-state index in [0.29, 0.717) is 0 Å². The second-order valence-electron chi connectivity index (χ2n) is 5.44. The second kappa shape index (κ2) is 4.62. The van der Waals surface area contributed by atoms with Crippen molar-refractivity contribution >= 4 is 10.0 Å². The molecule has 1 atom stereocenters. The Morgan fingerprint density at radius 1 is 1.32 bits per heavy atom. The lowest BCUT2D eigenvalue weighted by atomic mass is 10.0. The van der Waals surface area contributed by atoms with E-state index in [0.717, 1.165) is 24.0 Å². The summed E-state index contributed by atoms with van der Waals surface area (Å²) < 4.78 is 27.2. The summed E-state index contributed by atoms with van der Waals surface area (Å²) in [7, 11) is -3.65. The van der Waals surface area contributed by atoms with Crippen LogP contribution in [-0.4, -0.2) is 14.0 Å². The van der Waals surface area contributed by atoms with Crippen LogP contribution in [0.1, 0.15) is 30.9 Å². The van der Waals surface area contributed by atoms with Gasteiger partial charge in [-0.2, -0.15) is 9.98 Å². The summed E-state index contributed by atoms with van der Waals surface area (Å²) >= 11 is 0. The molecule has 1 aromatic rings. The van der Waals surface area contributed by atoms with Crippen LogP contribution in [0.2, 0.25) is 0 Å². The molecule has 0 spiro atoms. The van der Waals surface area contributed by atoms with Crippen molar-refractivity contribution in [2.75, 3.05) is 0 Å². The van der Waals surface area contributed by atoms with E-state index in [9.17, 15) is 13.7 Å². The number of hydrogen-bond acceptors (Lipinski definition) is 3. The monoisotopic (exact) mass is 278 g/mol. The molecule has 2 rings (SSSR count). The standard InChI is InChI=1S/C14H18N2O2S/c1-10-4-7-13(8-11(10)2)19(17,18)16-14(3,9-15)12-5-6-12/h4,7-8,12,16H,5-6H2,1-3H3/t14-/m1/s1. The highest BCUT2D eigenvalue weighted by Crippen LogP contribution is 2.39. The quantitative estimate of drug-likeness (QED) is 0.918. The molecule has 0 radical (unpaired) electrons. The summed E-state index contributed by atoms with van der Waals surface area (Å²) in [5.41, 5.74) is 0.967. The Balaban J connectivity index is 2.32. The summed E-state index contributed by atoms with van der Waals surface area (Å²) in [6.07, 6.45) is 1.80. The second-order valence-corrected chi connectivity index (χ2v) is 7.12. The largest absolute Gasteiger partial charge is 0.241 e. The molecule has 0 bridgehead atoms. The van der Waals surface area contributed by atoms with Crippen LogP contribution in [0.3, 0.4) is 0 Å². The minimum absolute atomic E-state index is 0.124. The van der Waals surface area contributed by atoms with Gasteiger partial charge in [0.15, 0.2) is 0 Å². The Bertz CT molecular complexity index is 642. The highest BCUT2D eigenvalue weighted by molar-refractivity contribution is 7.89. The maximum Gasteiger partial charge on any atom is 0.241 e. The Morgan fingerprint density at radius 3 is 2.42 bits per heavy atom. The molecule has 102 valence electrons. The van der Waals surface area contributed by atoms with Crippen LogP contribution < -0.4 is 4.72 Å². The van der Waals surface area contributed by atoms with Gasteiger partial charge >= 0.3 is 0 Å². The van der Waals surface area contributed by atoms with Crippen LogP contribution in [0, 0.1) is 31.1 Å². The molecular weight excluding hydrogens is 260 g/mol. The van der Waals surface area contributed by atoms with Crippen LogP contribution in [-0.2, 0) is 10.0 Å². The van der Waals surface area contributed by atoms with Gasteiger partial charge in [-0.25, -0.2) is 8.42 Å². The number of hydrogen-bond donors (Lipinski definition) is 1. The smallest absolute Gasteiger partial charge is 0.207 e. The molecule has 4 nitrogen and oxygen atoms in total. The number of benzene rings is 1. The third kappa shape index (κ3) is 2.80. The van der Waals surface area contributed by atoms with E-state index in [1.807, 2.05) is 13.8 Å². The van der Waals surface area contributed by atoms with E-state index in [1.165, 1.54) is 0 Å². The molecule has 5 heteroatoms. The normalized spacial score (nSPS) is 18.6. The first-order chi connectivity index (χ1) is 8.78. The molecule has 0 heterocycles. The summed E-state index contributed by atoms with van der Waals surface area (Å²) in [5.74, 6) is 0.124. The van der Waals surface area contributed by atoms with E-state index in [-0.39, 0.29) is 10.8 Å². The summed E-state index contributed by atoms with van der Waals surface area (Å²) in [5, 5.41) is 9.23. The van der Waals surface area contributed by atoms with Gasteiger partial charge < -0.3 is 0 Å². The highest BCUT2D eigenvalue weighted by Gasteiger charge is 2.44. The van der Waals surface area contributed by atoms with Gasteiger partial charge in [0.25, 0.3) is 0 Å². The van der Waals surface area contributed by atoms with Crippen LogP contribution in [0.15, 0.2) is 23.1 Å². The lowest BCUT2D eigenvalue weighted by Crippen LogP contribution is -2.46. The number of aryl methyl sites for hydroxylation is 2. The molecule has 0 aliphatic heterocycles. The molecule has 0 saturated heterocycles. The van der Waals surface area contributed by atoms with Crippen molar-refractivity contribution in [2.24, 2.45) is 5.92 Å². The Labute approximate surface area is 114 Å². The minimum atomic E-state index is -3.65. The van der Waals surface area contributed by atoms with Crippen molar-refractivity contribution in [1.29, 1.82) is 5.26 Å². The lowest BCUT2D eigenvalue weighted by molar-refractivity contribution is 0.458. The van der Waals surface area contributed by atoms with Crippen molar-refractivity contribution in [3.05, 3.63) is 29.3 Å².